The molecule has 2 aromatic rings. The lowest BCUT2D eigenvalue weighted by molar-refractivity contribution is 0.162. The maximum Gasteiger partial charge on any atom is 0.120 e. The van der Waals surface area contributed by atoms with Gasteiger partial charge in [-0.15, -0.1) is 12.4 Å². The van der Waals surface area contributed by atoms with Crippen molar-refractivity contribution >= 4 is 23.2 Å². The number of fused-ring (bicyclic) bond motifs is 1. The molecule has 0 spiro atoms. The number of pyridine rings is 1. The maximum atomic E-state index is 6.00. The summed E-state index contributed by atoms with van der Waals surface area (Å²) in [4.78, 5) is 4.11. The van der Waals surface area contributed by atoms with Crippen LogP contribution in [0.2, 0.25) is 0 Å². The summed E-state index contributed by atoms with van der Waals surface area (Å²) in [6.45, 7) is 2.12. The van der Waals surface area contributed by atoms with Crippen molar-refractivity contribution < 1.29 is 4.74 Å². The number of ether oxygens (including phenoxy) is 1. The predicted octanol–water partition coefficient (Wildman–Crippen LogP) is 2.79. The second-order valence-electron chi connectivity index (χ2n) is 4.45. The van der Waals surface area contributed by atoms with E-state index >= 15 is 0 Å². The van der Waals surface area contributed by atoms with Gasteiger partial charge in [0.1, 0.15) is 11.9 Å². The summed E-state index contributed by atoms with van der Waals surface area (Å²) in [6.07, 6.45) is 6.24. The Morgan fingerprint density at radius 1 is 1.11 bits per heavy atom. The monoisotopic (exact) mass is 264 g/mol. The summed E-state index contributed by atoms with van der Waals surface area (Å²) in [5, 5.41) is 5.69. The van der Waals surface area contributed by atoms with Crippen molar-refractivity contribution in [2.24, 2.45) is 0 Å². The first-order chi connectivity index (χ1) is 8.42. The Morgan fingerprint density at radius 2 is 1.94 bits per heavy atom. The van der Waals surface area contributed by atoms with Crippen molar-refractivity contribution in [2.45, 2.75) is 18.9 Å². The molecule has 1 fully saturated rings. The normalized spacial score (nSPS) is 16.2. The van der Waals surface area contributed by atoms with Crippen LogP contribution in [0.1, 0.15) is 12.8 Å². The Bertz CT molecular complexity index is 512. The molecule has 1 saturated heterocycles. The standard InChI is InChI=1S/C14H16N2O.ClH/c1-2-14(17-13-4-7-15-8-5-13)9-11-3-6-16-10-12(1)11;/h1-3,6,9-10,13,15H,4-5,7-8H2;1H. The minimum atomic E-state index is 0. The summed E-state index contributed by atoms with van der Waals surface area (Å²) in [7, 11) is 0. The molecule has 3 nitrogen and oxygen atoms in total. The molecule has 1 aliphatic heterocycles. The zero-order valence-corrected chi connectivity index (χ0v) is 11.0. The van der Waals surface area contributed by atoms with Crippen LogP contribution in [-0.2, 0) is 0 Å². The lowest BCUT2D eigenvalue weighted by atomic mass is 10.1. The molecule has 1 N–H and O–H groups in total. The first-order valence-corrected chi connectivity index (χ1v) is 6.13. The van der Waals surface area contributed by atoms with Crippen LogP contribution in [0.5, 0.6) is 5.75 Å². The SMILES string of the molecule is Cl.c1cc2cc(OC3CCNCC3)ccc2cn1. The predicted molar refractivity (Wildman–Crippen MR) is 75.5 cm³/mol. The number of hydrogen-bond acceptors (Lipinski definition) is 3. The summed E-state index contributed by atoms with van der Waals surface area (Å²) < 4.78 is 6.00. The highest BCUT2D eigenvalue weighted by atomic mass is 35.5. The van der Waals surface area contributed by atoms with Gasteiger partial charge in [-0.3, -0.25) is 4.98 Å². The second kappa shape index (κ2) is 6.03. The van der Waals surface area contributed by atoms with E-state index in [1.165, 1.54) is 5.39 Å². The summed E-state index contributed by atoms with van der Waals surface area (Å²) in [5.74, 6) is 0.968. The zero-order valence-electron chi connectivity index (χ0n) is 10.1. The van der Waals surface area contributed by atoms with E-state index < -0.39 is 0 Å². The highest BCUT2D eigenvalue weighted by molar-refractivity contribution is 5.85. The van der Waals surface area contributed by atoms with E-state index in [1.54, 1.807) is 0 Å². The van der Waals surface area contributed by atoms with E-state index in [0.717, 1.165) is 37.1 Å². The first kappa shape index (κ1) is 13.1. The van der Waals surface area contributed by atoms with Crippen molar-refractivity contribution in [2.75, 3.05) is 13.1 Å². The molecule has 0 aliphatic carbocycles. The minimum Gasteiger partial charge on any atom is -0.490 e. The molecular formula is C14H17ClN2O. The molecule has 2 heterocycles. The molecule has 0 saturated carbocycles. The van der Waals surface area contributed by atoms with Crippen molar-refractivity contribution in [3.8, 4) is 5.75 Å². The van der Waals surface area contributed by atoms with Gasteiger partial charge >= 0.3 is 0 Å². The maximum absolute atomic E-state index is 6.00. The first-order valence-electron chi connectivity index (χ1n) is 6.13. The molecule has 0 radical (unpaired) electrons. The Hall–Kier alpha value is -1.32. The van der Waals surface area contributed by atoms with Gasteiger partial charge in [0.25, 0.3) is 0 Å². The topological polar surface area (TPSA) is 34.1 Å². The Balaban J connectivity index is 0.00000120. The van der Waals surface area contributed by atoms with Crippen LogP contribution in [0.15, 0.2) is 36.7 Å². The van der Waals surface area contributed by atoms with Gasteiger partial charge in [-0.05, 0) is 55.6 Å². The molecule has 3 rings (SSSR count). The Morgan fingerprint density at radius 3 is 2.78 bits per heavy atom. The number of rotatable bonds is 2. The lowest BCUT2D eigenvalue weighted by Crippen LogP contribution is -2.34. The van der Waals surface area contributed by atoms with Crippen LogP contribution in [-0.4, -0.2) is 24.2 Å². The highest BCUT2D eigenvalue weighted by Crippen LogP contribution is 2.22. The molecule has 96 valence electrons. The third kappa shape index (κ3) is 2.92. The molecule has 4 heteroatoms. The quantitative estimate of drug-likeness (QED) is 0.906. The third-order valence-electron chi connectivity index (χ3n) is 3.20. The molecule has 1 aromatic heterocycles. The van der Waals surface area contributed by atoms with Gasteiger partial charge in [-0.2, -0.15) is 0 Å². The van der Waals surface area contributed by atoms with Gasteiger partial charge in [0.15, 0.2) is 0 Å². The van der Waals surface area contributed by atoms with Crippen LogP contribution in [0.25, 0.3) is 10.8 Å². The van der Waals surface area contributed by atoms with E-state index in [1.807, 2.05) is 24.5 Å². The average Bonchev–Trinajstić information content (AvgIpc) is 2.40. The average molecular weight is 265 g/mol. The number of piperidine rings is 1. The fraction of sp³-hybridized carbons (Fsp3) is 0.357. The number of hydrogen-bond donors (Lipinski definition) is 1. The van der Waals surface area contributed by atoms with Crippen molar-refractivity contribution in [1.29, 1.82) is 0 Å². The van der Waals surface area contributed by atoms with Gasteiger partial charge in [0, 0.05) is 17.8 Å². The smallest absolute Gasteiger partial charge is 0.120 e. The molecule has 0 atom stereocenters. The third-order valence-corrected chi connectivity index (χ3v) is 3.20. The van der Waals surface area contributed by atoms with E-state index in [0.29, 0.717) is 6.10 Å². The molecule has 1 aliphatic rings. The van der Waals surface area contributed by atoms with Gasteiger partial charge in [0.05, 0.1) is 0 Å². The van der Waals surface area contributed by atoms with Gasteiger partial charge in [-0.1, -0.05) is 0 Å². The number of nitrogens with one attached hydrogen (secondary N) is 1. The van der Waals surface area contributed by atoms with Gasteiger partial charge in [0.2, 0.25) is 0 Å². The summed E-state index contributed by atoms with van der Waals surface area (Å²) in [6, 6.07) is 8.22. The number of benzene rings is 1. The molecule has 18 heavy (non-hydrogen) atoms. The van der Waals surface area contributed by atoms with Crippen LogP contribution < -0.4 is 10.1 Å². The van der Waals surface area contributed by atoms with Crippen LogP contribution in [0.3, 0.4) is 0 Å². The fourth-order valence-electron chi connectivity index (χ4n) is 2.24. The van der Waals surface area contributed by atoms with E-state index in [9.17, 15) is 0 Å². The summed E-state index contributed by atoms with van der Waals surface area (Å²) >= 11 is 0. The highest BCUT2D eigenvalue weighted by Gasteiger charge is 2.14. The van der Waals surface area contributed by atoms with E-state index in [2.05, 4.69) is 22.4 Å². The number of halogens is 1. The van der Waals surface area contributed by atoms with Gasteiger partial charge < -0.3 is 10.1 Å². The van der Waals surface area contributed by atoms with Crippen LogP contribution in [0.4, 0.5) is 0 Å². The number of nitrogens with zero attached hydrogens (tertiary/aromatic N) is 1. The fourth-order valence-corrected chi connectivity index (χ4v) is 2.24. The van der Waals surface area contributed by atoms with E-state index in [-0.39, 0.29) is 12.4 Å². The van der Waals surface area contributed by atoms with Crippen LogP contribution in [0, 0.1) is 0 Å². The van der Waals surface area contributed by atoms with Gasteiger partial charge in [-0.25, -0.2) is 0 Å². The van der Waals surface area contributed by atoms with E-state index in [4.69, 9.17) is 4.74 Å². The second-order valence-corrected chi connectivity index (χ2v) is 4.45. The zero-order chi connectivity index (χ0) is 11.5. The number of aromatic nitrogens is 1. The molecule has 0 bridgehead atoms. The van der Waals surface area contributed by atoms with Crippen LogP contribution >= 0.6 is 12.4 Å². The minimum absolute atomic E-state index is 0. The Kier molecular flexibility index (Phi) is 4.39. The van der Waals surface area contributed by atoms with Crippen molar-refractivity contribution in [1.82, 2.24) is 10.3 Å². The van der Waals surface area contributed by atoms with Crippen molar-refractivity contribution in [3.63, 3.8) is 0 Å². The molecule has 1 aromatic carbocycles. The Labute approximate surface area is 113 Å². The van der Waals surface area contributed by atoms with Crippen molar-refractivity contribution in [3.05, 3.63) is 36.7 Å². The molecule has 0 unspecified atom stereocenters. The largest absolute Gasteiger partial charge is 0.490 e. The summed E-state index contributed by atoms with van der Waals surface area (Å²) in [5.41, 5.74) is 0. The molecule has 0 amide bonds. The lowest BCUT2D eigenvalue weighted by Gasteiger charge is -2.23. The molecular weight excluding hydrogens is 248 g/mol.